The molecule has 1 aliphatic carbocycles. The molecule has 15 heavy (non-hydrogen) atoms. The van der Waals surface area contributed by atoms with E-state index in [1.807, 2.05) is 0 Å². The maximum atomic E-state index is 6.07. The van der Waals surface area contributed by atoms with Crippen molar-refractivity contribution in [2.45, 2.75) is 26.3 Å². The summed E-state index contributed by atoms with van der Waals surface area (Å²) >= 11 is 12.1. The number of benzene rings is 1. The molecule has 0 saturated heterocycles. The Balaban J connectivity index is 2.22. The van der Waals surface area contributed by atoms with Crippen LogP contribution in [-0.2, 0) is 0 Å². The molecule has 1 fully saturated rings. The Morgan fingerprint density at radius 2 is 1.80 bits per heavy atom. The maximum Gasteiger partial charge on any atom is 0.0722 e. The normalized spacial score (nSPS) is 22.5. The van der Waals surface area contributed by atoms with Gasteiger partial charge in [-0.3, -0.25) is 0 Å². The van der Waals surface area contributed by atoms with Crippen molar-refractivity contribution in [3.8, 4) is 0 Å². The summed E-state index contributed by atoms with van der Waals surface area (Å²) in [6.07, 6.45) is 1.14. The standard InChI is InChI=1S/C11H14Cl2N2/c1-11(2)5-9(11)15-10-7(12)3-6(14)4-8(10)13/h3-4,9,15H,5,14H2,1-2H3. The highest BCUT2D eigenvalue weighted by molar-refractivity contribution is 6.39. The molecule has 0 heterocycles. The molecule has 3 N–H and O–H groups in total. The molecule has 0 amide bonds. The quantitative estimate of drug-likeness (QED) is 0.778. The Hall–Kier alpha value is -0.600. The first-order valence-corrected chi connectivity index (χ1v) is 5.67. The minimum absolute atomic E-state index is 0.341. The molecule has 1 aromatic rings. The fourth-order valence-electron chi connectivity index (χ4n) is 1.62. The van der Waals surface area contributed by atoms with Gasteiger partial charge in [0.05, 0.1) is 15.7 Å². The van der Waals surface area contributed by atoms with E-state index in [1.165, 1.54) is 0 Å². The fraction of sp³-hybridized carbons (Fsp3) is 0.455. The van der Waals surface area contributed by atoms with Gasteiger partial charge in [0.25, 0.3) is 0 Å². The van der Waals surface area contributed by atoms with Gasteiger partial charge in [-0.05, 0) is 24.0 Å². The maximum absolute atomic E-state index is 6.07. The van der Waals surface area contributed by atoms with E-state index >= 15 is 0 Å². The highest BCUT2D eigenvalue weighted by atomic mass is 35.5. The molecule has 4 heteroatoms. The van der Waals surface area contributed by atoms with E-state index in [0.29, 0.717) is 27.2 Å². The number of halogens is 2. The Labute approximate surface area is 99.7 Å². The topological polar surface area (TPSA) is 38.0 Å². The molecule has 1 saturated carbocycles. The lowest BCUT2D eigenvalue weighted by Gasteiger charge is -2.12. The lowest BCUT2D eigenvalue weighted by Crippen LogP contribution is -2.09. The van der Waals surface area contributed by atoms with Gasteiger partial charge in [-0.25, -0.2) is 0 Å². The molecule has 0 spiro atoms. The van der Waals surface area contributed by atoms with Gasteiger partial charge < -0.3 is 11.1 Å². The molecule has 2 nitrogen and oxygen atoms in total. The van der Waals surface area contributed by atoms with E-state index in [1.54, 1.807) is 12.1 Å². The molecule has 1 unspecified atom stereocenters. The first kappa shape index (κ1) is 10.9. The van der Waals surface area contributed by atoms with Crippen molar-refractivity contribution < 1.29 is 0 Å². The molecule has 82 valence electrons. The summed E-state index contributed by atoms with van der Waals surface area (Å²) in [6, 6.07) is 3.88. The van der Waals surface area contributed by atoms with Gasteiger partial charge in [0.1, 0.15) is 0 Å². The number of nitrogens with two attached hydrogens (primary N) is 1. The van der Waals surface area contributed by atoms with Gasteiger partial charge >= 0.3 is 0 Å². The van der Waals surface area contributed by atoms with Crippen molar-refractivity contribution >= 4 is 34.6 Å². The second-order valence-corrected chi connectivity index (χ2v) is 5.56. The van der Waals surface area contributed by atoms with Crippen molar-refractivity contribution in [2.75, 3.05) is 11.1 Å². The molecule has 2 rings (SSSR count). The van der Waals surface area contributed by atoms with Gasteiger partial charge in [0, 0.05) is 11.7 Å². The molecular formula is C11H14Cl2N2. The third-order valence-electron chi connectivity index (χ3n) is 2.90. The minimum atomic E-state index is 0.341. The number of anilines is 2. The highest BCUT2D eigenvalue weighted by Crippen LogP contribution is 2.48. The Bertz CT molecular complexity index is 379. The van der Waals surface area contributed by atoms with Gasteiger partial charge in [-0.1, -0.05) is 37.0 Å². The molecule has 0 aromatic heterocycles. The summed E-state index contributed by atoms with van der Waals surface area (Å²) in [6.45, 7) is 4.42. The van der Waals surface area contributed by atoms with Crippen molar-refractivity contribution in [3.05, 3.63) is 22.2 Å². The minimum Gasteiger partial charge on any atom is -0.399 e. The molecule has 1 aromatic carbocycles. The van der Waals surface area contributed by atoms with Crippen LogP contribution in [0.4, 0.5) is 11.4 Å². The molecule has 1 aliphatic rings. The van der Waals surface area contributed by atoms with Gasteiger partial charge in [0.15, 0.2) is 0 Å². The summed E-state index contributed by atoms with van der Waals surface area (Å²) in [7, 11) is 0. The lowest BCUT2D eigenvalue weighted by atomic mass is 10.2. The average molecular weight is 245 g/mol. The van der Waals surface area contributed by atoms with E-state index in [2.05, 4.69) is 19.2 Å². The largest absolute Gasteiger partial charge is 0.399 e. The molecule has 0 aliphatic heterocycles. The summed E-state index contributed by atoms with van der Waals surface area (Å²) in [4.78, 5) is 0. The van der Waals surface area contributed by atoms with E-state index in [9.17, 15) is 0 Å². The molecule has 0 radical (unpaired) electrons. The summed E-state index contributed by atoms with van der Waals surface area (Å²) < 4.78 is 0. The van der Waals surface area contributed by atoms with Crippen LogP contribution in [-0.4, -0.2) is 6.04 Å². The monoisotopic (exact) mass is 244 g/mol. The van der Waals surface area contributed by atoms with Crippen molar-refractivity contribution in [1.29, 1.82) is 0 Å². The Morgan fingerprint density at radius 3 is 2.20 bits per heavy atom. The van der Waals surface area contributed by atoms with Crippen LogP contribution in [0.15, 0.2) is 12.1 Å². The first-order valence-electron chi connectivity index (χ1n) is 4.91. The van der Waals surface area contributed by atoms with Gasteiger partial charge in [0.2, 0.25) is 0 Å². The van der Waals surface area contributed by atoms with E-state index in [0.717, 1.165) is 12.1 Å². The van der Waals surface area contributed by atoms with Gasteiger partial charge in [-0.2, -0.15) is 0 Å². The Morgan fingerprint density at radius 1 is 1.33 bits per heavy atom. The fourth-order valence-corrected chi connectivity index (χ4v) is 2.23. The zero-order valence-electron chi connectivity index (χ0n) is 8.77. The number of rotatable bonds is 2. The third-order valence-corrected chi connectivity index (χ3v) is 3.49. The van der Waals surface area contributed by atoms with E-state index < -0.39 is 0 Å². The predicted molar refractivity (Wildman–Crippen MR) is 66.7 cm³/mol. The van der Waals surface area contributed by atoms with Crippen LogP contribution in [0.2, 0.25) is 10.0 Å². The van der Waals surface area contributed by atoms with Crippen LogP contribution in [0.25, 0.3) is 0 Å². The number of hydrogen-bond donors (Lipinski definition) is 2. The zero-order chi connectivity index (χ0) is 11.2. The van der Waals surface area contributed by atoms with Crippen LogP contribution >= 0.6 is 23.2 Å². The van der Waals surface area contributed by atoms with Crippen LogP contribution < -0.4 is 11.1 Å². The number of hydrogen-bond acceptors (Lipinski definition) is 2. The van der Waals surface area contributed by atoms with Crippen LogP contribution in [0.1, 0.15) is 20.3 Å². The lowest BCUT2D eigenvalue weighted by molar-refractivity contribution is 0.630. The summed E-state index contributed by atoms with van der Waals surface area (Å²) in [5.74, 6) is 0. The van der Waals surface area contributed by atoms with E-state index in [4.69, 9.17) is 28.9 Å². The van der Waals surface area contributed by atoms with Crippen molar-refractivity contribution in [2.24, 2.45) is 5.41 Å². The highest BCUT2D eigenvalue weighted by Gasteiger charge is 2.46. The third kappa shape index (κ3) is 2.16. The first-order chi connectivity index (χ1) is 6.90. The zero-order valence-corrected chi connectivity index (χ0v) is 10.3. The van der Waals surface area contributed by atoms with E-state index in [-0.39, 0.29) is 0 Å². The SMILES string of the molecule is CC1(C)CC1Nc1c(Cl)cc(N)cc1Cl. The molecule has 1 atom stereocenters. The van der Waals surface area contributed by atoms with Crippen molar-refractivity contribution in [3.63, 3.8) is 0 Å². The predicted octanol–water partition coefficient (Wildman–Crippen LogP) is 3.79. The summed E-state index contributed by atoms with van der Waals surface area (Å²) in [5.41, 5.74) is 7.36. The molecular weight excluding hydrogens is 231 g/mol. The van der Waals surface area contributed by atoms with Crippen LogP contribution in [0, 0.1) is 5.41 Å². The smallest absolute Gasteiger partial charge is 0.0722 e. The van der Waals surface area contributed by atoms with Crippen molar-refractivity contribution in [1.82, 2.24) is 0 Å². The number of nitrogen functional groups attached to an aromatic ring is 1. The second-order valence-electron chi connectivity index (χ2n) is 4.75. The van der Waals surface area contributed by atoms with Gasteiger partial charge in [-0.15, -0.1) is 0 Å². The molecule has 0 bridgehead atoms. The van der Waals surface area contributed by atoms with Crippen LogP contribution in [0.3, 0.4) is 0 Å². The Kier molecular flexibility index (Phi) is 2.52. The van der Waals surface area contributed by atoms with Crippen LogP contribution in [0.5, 0.6) is 0 Å². The number of nitrogens with one attached hydrogen (secondary N) is 1. The second kappa shape index (κ2) is 3.46. The average Bonchev–Trinajstić information content (AvgIpc) is 2.66. The summed E-state index contributed by atoms with van der Waals surface area (Å²) in [5, 5.41) is 4.52.